The van der Waals surface area contributed by atoms with Gasteiger partial charge in [-0.25, -0.2) is 0 Å². The van der Waals surface area contributed by atoms with E-state index in [4.69, 9.17) is 23.7 Å². The Labute approximate surface area is 189 Å². The van der Waals surface area contributed by atoms with Crippen LogP contribution in [-0.4, -0.2) is 51.1 Å². The predicted molar refractivity (Wildman–Crippen MR) is 117 cm³/mol. The molecule has 2 saturated heterocycles. The minimum absolute atomic E-state index is 0.145. The van der Waals surface area contributed by atoms with Gasteiger partial charge in [0.15, 0.2) is 23.0 Å². The first-order valence-corrected chi connectivity index (χ1v) is 10.6. The van der Waals surface area contributed by atoms with Gasteiger partial charge in [-0.05, 0) is 24.3 Å². The van der Waals surface area contributed by atoms with E-state index in [2.05, 4.69) is 5.32 Å². The smallest absolute Gasteiger partial charge is 0.234 e. The molecule has 9 heteroatoms. The number of carbonyl (C=O) groups excluding carboxylic acids is 2. The lowest BCUT2D eigenvalue weighted by molar-refractivity contribution is -0.128. The van der Waals surface area contributed by atoms with Gasteiger partial charge in [0.05, 0.1) is 38.7 Å². The normalized spacial score (nSPS) is 28.2. The van der Waals surface area contributed by atoms with Crippen LogP contribution >= 0.6 is 0 Å². The van der Waals surface area contributed by atoms with E-state index < -0.39 is 23.5 Å². The summed E-state index contributed by atoms with van der Waals surface area (Å²) in [6.45, 7) is 0.495. The van der Waals surface area contributed by atoms with Crippen LogP contribution in [0.5, 0.6) is 23.0 Å². The maximum atomic E-state index is 13.5. The second-order valence-electron chi connectivity index (χ2n) is 8.42. The van der Waals surface area contributed by atoms with Crippen molar-refractivity contribution in [3.63, 3.8) is 0 Å². The highest BCUT2D eigenvalue weighted by atomic mass is 16.7. The van der Waals surface area contributed by atoms with Crippen LogP contribution < -0.4 is 29.2 Å². The molecule has 1 unspecified atom stereocenters. The van der Waals surface area contributed by atoms with Crippen LogP contribution in [0.2, 0.25) is 0 Å². The molecule has 4 atom stereocenters. The summed E-state index contributed by atoms with van der Waals surface area (Å²) in [7, 11) is 3.08. The van der Waals surface area contributed by atoms with Crippen molar-refractivity contribution in [1.82, 2.24) is 0 Å². The van der Waals surface area contributed by atoms with Crippen molar-refractivity contribution in [3.05, 3.63) is 48.6 Å². The first kappa shape index (κ1) is 19.9. The van der Waals surface area contributed by atoms with Crippen molar-refractivity contribution in [3.8, 4) is 23.0 Å². The molecule has 2 bridgehead atoms. The zero-order valence-electron chi connectivity index (χ0n) is 18.1. The molecule has 4 aliphatic heterocycles. The number of benzene rings is 2. The minimum Gasteiger partial charge on any atom is -0.493 e. The summed E-state index contributed by atoms with van der Waals surface area (Å²) < 4.78 is 27.6. The Hall–Kier alpha value is -3.72. The van der Waals surface area contributed by atoms with E-state index >= 15 is 0 Å². The van der Waals surface area contributed by atoms with E-state index in [0.29, 0.717) is 40.9 Å². The maximum absolute atomic E-state index is 13.5. The van der Waals surface area contributed by atoms with Crippen LogP contribution in [0.15, 0.2) is 48.6 Å². The van der Waals surface area contributed by atoms with Gasteiger partial charge in [-0.1, -0.05) is 12.2 Å². The first-order valence-electron chi connectivity index (χ1n) is 10.6. The predicted octanol–water partition coefficient (Wildman–Crippen LogP) is 2.36. The Kier molecular flexibility index (Phi) is 4.31. The third-order valence-electron chi connectivity index (χ3n) is 6.72. The molecule has 2 amide bonds. The van der Waals surface area contributed by atoms with Gasteiger partial charge < -0.3 is 33.9 Å². The van der Waals surface area contributed by atoms with Crippen molar-refractivity contribution < 1.29 is 33.3 Å². The number of rotatable bonds is 5. The summed E-state index contributed by atoms with van der Waals surface area (Å²) in [6.07, 6.45) is 3.36. The first-order chi connectivity index (χ1) is 16.0. The Morgan fingerprint density at radius 1 is 1.09 bits per heavy atom. The molecular formula is C24H22N2O7. The van der Waals surface area contributed by atoms with Gasteiger partial charge in [0.1, 0.15) is 5.60 Å². The van der Waals surface area contributed by atoms with Gasteiger partial charge in [0.2, 0.25) is 18.6 Å². The quantitative estimate of drug-likeness (QED) is 0.699. The second-order valence-corrected chi connectivity index (χ2v) is 8.42. The largest absolute Gasteiger partial charge is 0.493 e. The zero-order valence-corrected chi connectivity index (χ0v) is 18.1. The SMILES string of the molecule is COc1ccc(NC(=O)C2[C@H]3C=C[C@@]4(CN(c5ccc6c(c5)OCO6)C(=O)[C@@H]24)O3)cc1OC. The average Bonchev–Trinajstić information content (AvgIpc) is 3.59. The summed E-state index contributed by atoms with van der Waals surface area (Å²) >= 11 is 0. The number of methoxy groups -OCH3 is 2. The number of ether oxygens (including phenoxy) is 5. The van der Waals surface area contributed by atoms with E-state index in [1.54, 1.807) is 42.3 Å². The molecule has 170 valence electrons. The lowest BCUT2D eigenvalue weighted by atomic mass is 9.77. The van der Waals surface area contributed by atoms with E-state index in [1.807, 2.05) is 18.2 Å². The number of hydrogen-bond donors (Lipinski definition) is 1. The fourth-order valence-electron chi connectivity index (χ4n) is 5.21. The molecule has 4 aliphatic rings. The fourth-order valence-corrected chi connectivity index (χ4v) is 5.21. The van der Waals surface area contributed by atoms with Crippen molar-refractivity contribution in [2.45, 2.75) is 11.7 Å². The Morgan fingerprint density at radius 3 is 2.73 bits per heavy atom. The zero-order chi connectivity index (χ0) is 22.7. The second kappa shape index (κ2) is 7.14. The van der Waals surface area contributed by atoms with Crippen molar-refractivity contribution >= 4 is 23.2 Å². The van der Waals surface area contributed by atoms with Crippen LogP contribution in [0.25, 0.3) is 0 Å². The number of fused-ring (bicyclic) bond motifs is 2. The Morgan fingerprint density at radius 2 is 1.91 bits per heavy atom. The summed E-state index contributed by atoms with van der Waals surface area (Å²) in [6, 6.07) is 10.5. The van der Waals surface area contributed by atoms with Gasteiger partial charge in [-0.3, -0.25) is 9.59 Å². The van der Waals surface area contributed by atoms with Crippen molar-refractivity contribution in [2.75, 3.05) is 37.8 Å². The molecular weight excluding hydrogens is 428 g/mol. The van der Waals surface area contributed by atoms with Crippen LogP contribution in [-0.2, 0) is 14.3 Å². The summed E-state index contributed by atoms with van der Waals surface area (Å²) in [5.74, 6) is 0.629. The number of nitrogens with one attached hydrogen (secondary N) is 1. The molecule has 33 heavy (non-hydrogen) atoms. The molecule has 0 aliphatic carbocycles. The van der Waals surface area contributed by atoms with E-state index in [9.17, 15) is 9.59 Å². The molecule has 4 heterocycles. The molecule has 0 aromatic heterocycles. The van der Waals surface area contributed by atoms with Crippen LogP contribution in [0.3, 0.4) is 0 Å². The minimum atomic E-state index is -0.822. The van der Waals surface area contributed by atoms with E-state index in [1.165, 1.54) is 7.11 Å². The topological polar surface area (TPSA) is 95.6 Å². The standard InChI is InChI=1S/C24H22N2O7/c1-29-15-5-3-13(9-18(15)30-2)25-22(27)20-17-7-8-24(33-17)11-26(23(28)21(20)24)14-4-6-16-19(10-14)32-12-31-16/h3-10,17,20-21H,11-12H2,1-2H3,(H,25,27)/t17-,20?,21-,24+/m1/s1. The van der Waals surface area contributed by atoms with E-state index in [0.717, 1.165) is 0 Å². The molecule has 0 radical (unpaired) electrons. The van der Waals surface area contributed by atoms with Gasteiger partial charge in [0.25, 0.3) is 0 Å². The molecule has 2 aromatic rings. The lowest BCUT2D eigenvalue weighted by Gasteiger charge is -2.23. The van der Waals surface area contributed by atoms with Gasteiger partial charge in [0, 0.05) is 23.5 Å². The summed E-state index contributed by atoms with van der Waals surface area (Å²) in [5, 5.41) is 2.92. The Bertz CT molecular complexity index is 1200. The van der Waals surface area contributed by atoms with Gasteiger partial charge in [-0.2, -0.15) is 0 Å². The molecule has 1 spiro atoms. The number of carbonyl (C=O) groups is 2. The third-order valence-corrected chi connectivity index (χ3v) is 6.72. The average molecular weight is 450 g/mol. The number of amides is 2. The molecule has 2 aromatic carbocycles. The van der Waals surface area contributed by atoms with Crippen molar-refractivity contribution in [1.29, 1.82) is 0 Å². The van der Waals surface area contributed by atoms with Crippen LogP contribution in [0.1, 0.15) is 0 Å². The monoisotopic (exact) mass is 450 g/mol. The molecule has 9 nitrogen and oxygen atoms in total. The number of nitrogens with zero attached hydrogens (tertiary/aromatic N) is 1. The maximum Gasteiger partial charge on any atom is 0.234 e. The summed E-state index contributed by atoms with van der Waals surface area (Å²) in [4.78, 5) is 28.5. The van der Waals surface area contributed by atoms with Crippen LogP contribution in [0.4, 0.5) is 11.4 Å². The fraction of sp³-hybridized carbons (Fsp3) is 0.333. The molecule has 0 saturated carbocycles. The van der Waals surface area contributed by atoms with Gasteiger partial charge >= 0.3 is 0 Å². The third kappa shape index (κ3) is 2.88. The van der Waals surface area contributed by atoms with Crippen LogP contribution in [0, 0.1) is 11.8 Å². The van der Waals surface area contributed by atoms with Gasteiger partial charge in [-0.15, -0.1) is 0 Å². The molecule has 1 N–H and O–H groups in total. The lowest BCUT2D eigenvalue weighted by Crippen LogP contribution is -2.41. The Balaban J connectivity index is 1.27. The highest BCUT2D eigenvalue weighted by Gasteiger charge is 2.67. The highest BCUT2D eigenvalue weighted by molar-refractivity contribution is 6.05. The highest BCUT2D eigenvalue weighted by Crippen LogP contribution is 2.53. The summed E-state index contributed by atoms with van der Waals surface area (Å²) in [5.41, 5.74) is 0.418. The number of hydrogen-bond acceptors (Lipinski definition) is 7. The molecule has 2 fully saturated rings. The number of anilines is 2. The molecule has 6 rings (SSSR count). The van der Waals surface area contributed by atoms with Crippen molar-refractivity contribution in [2.24, 2.45) is 11.8 Å². The van der Waals surface area contributed by atoms with E-state index in [-0.39, 0.29) is 18.6 Å².